The van der Waals surface area contributed by atoms with E-state index in [1.807, 2.05) is 6.07 Å². The predicted molar refractivity (Wildman–Crippen MR) is 127 cm³/mol. The third kappa shape index (κ3) is 5.23. The van der Waals surface area contributed by atoms with Gasteiger partial charge in [-0.2, -0.15) is 0 Å². The highest BCUT2D eigenvalue weighted by Crippen LogP contribution is 2.53. The van der Waals surface area contributed by atoms with E-state index in [0.29, 0.717) is 5.56 Å². The quantitative estimate of drug-likeness (QED) is 0.280. The van der Waals surface area contributed by atoms with Crippen LogP contribution in [-0.2, 0) is 33.3 Å². The zero-order valence-electron chi connectivity index (χ0n) is 19.5. The van der Waals surface area contributed by atoms with Gasteiger partial charge < -0.3 is 38.4 Å². The van der Waals surface area contributed by atoms with Crippen LogP contribution >= 0.6 is 23.5 Å². The first-order chi connectivity index (χ1) is 16.1. The molecular formula is C24H29O8S2-. The predicted octanol–water partition coefficient (Wildman–Crippen LogP) is 2.34. The van der Waals surface area contributed by atoms with E-state index in [2.05, 4.69) is 0 Å². The largest absolute Gasteiger partial charge is 0.872 e. The van der Waals surface area contributed by atoms with E-state index in [9.17, 15) is 14.7 Å². The fourth-order valence-corrected chi connectivity index (χ4v) is 6.99. The maximum atomic E-state index is 13.3. The Kier molecular flexibility index (Phi) is 7.50. The molecule has 3 fully saturated rings. The normalized spacial score (nSPS) is 32.1. The van der Waals surface area contributed by atoms with E-state index in [1.54, 1.807) is 52.0 Å². The van der Waals surface area contributed by atoms with Gasteiger partial charge in [-0.3, -0.25) is 0 Å². The average molecular weight is 510 g/mol. The Morgan fingerprint density at radius 3 is 2.09 bits per heavy atom. The van der Waals surface area contributed by atoms with Gasteiger partial charge >= 0.3 is 0 Å². The molecule has 8 nitrogen and oxygen atoms in total. The fourth-order valence-electron chi connectivity index (χ4n) is 4.50. The van der Waals surface area contributed by atoms with E-state index >= 15 is 0 Å². The van der Waals surface area contributed by atoms with Gasteiger partial charge in [0.1, 0.15) is 41.1 Å². The van der Waals surface area contributed by atoms with Crippen LogP contribution in [0.3, 0.4) is 0 Å². The van der Waals surface area contributed by atoms with E-state index in [0.717, 1.165) is 12.6 Å². The summed E-state index contributed by atoms with van der Waals surface area (Å²) in [6.45, 7) is 7.19. The van der Waals surface area contributed by atoms with Crippen molar-refractivity contribution in [3.63, 3.8) is 0 Å². The second-order valence-corrected chi connectivity index (χ2v) is 12.0. The smallest absolute Gasteiger partial charge is 0.190 e. The molecule has 0 radical (unpaired) electrons. The summed E-state index contributed by atoms with van der Waals surface area (Å²) in [5.41, 5.74) is 0.487. The lowest BCUT2D eigenvalue weighted by molar-refractivity contribution is -0.246. The van der Waals surface area contributed by atoms with Gasteiger partial charge in [-0.25, -0.2) is 0 Å². The number of fused-ring (bicyclic) bond motifs is 3. The molecule has 3 heterocycles. The van der Waals surface area contributed by atoms with Gasteiger partial charge in [0.25, 0.3) is 0 Å². The number of ether oxygens (including phenoxy) is 5. The number of carbonyl (C=O) groups excluding carboxylic acids is 2. The third-order valence-electron chi connectivity index (χ3n) is 5.70. The molecule has 3 aliphatic rings. The topological polar surface area (TPSA) is 103 Å². The van der Waals surface area contributed by atoms with Crippen molar-refractivity contribution in [3.8, 4) is 0 Å². The molecular weight excluding hydrogens is 480 g/mol. The van der Waals surface area contributed by atoms with Gasteiger partial charge in [-0.05, 0) is 33.3 Å². The van der Waals surface area contributed by atoms with E-state index in [-0.39, 0.29) is 17.3 Å². The van der Waals surface area contributed by atoms with Crippen LogP contribution in [0.15, 0.2) is 36.4 Å². The Balaban J connectivity index is 1.80. The van der Waals surface area contributed by atoms with Crippen molar-refractivity contribution in [1.29, 1.82) is 0 Å². The van der Waals surface area contributed by atoms with Crippen LogP contribution < -0.4 is 5.11 Å². The van der Waals surface area contributed by atoms with Gasteiger partial charge in [0.05, 0.1) is 11.5 Å². The van der Waals surface area contributed by atoms with Crippen LogP contribution in [-0.4, -0.2) is 70.4 Å². The summed E-state index contributed by atoms with van der Waals surface area (Å²) < 4.78 is 29.9. The lowest BCUT2D eigenvalue weighted by atomic mass is 9.95. The molecule has 3 saturated heterocycles. The molecule has 0 amide bonds. The van der Waals surface area contributed by atoms with E-state index in [4.69, 9.17) is 23.7 Å². The summed E-state index contributed by atoms with van der Waals surface area (Å²) in [4.78, 5) is 22.8. The minimum Gasteiger partial charge on any atom is -0.872 e. The van der Waals surface area contributed by atoms with Gasteiger partial charge in [-0.15, -0.1) is 29.3 Å². The molecule has 3 unspecified atom stereocenters. The van der Waals surface area contributed by atoms with Crippen LogP contribution in [0.25, 0.3) is 5.76 Å². The minimum absolute atomic E-state index is 0.0862. The van der Waals surface area contributed by atoms with E-state index in [1.165, 1.54) is 29.6 Å². The molecule has 0 spiro atoms. The molecule has 0 N–H and O–H groups in total. The van der Waals surface area contributed by atoms with Gasteiger partial charge in [-0.1, -0.05) is 36.4 Å². The van der Waals surface area contributed by atoms with Crippen LogP contribution in [0.4, 0.5) is 0 Å². The number of benzene rings is 1. The average Bonchev–Trinajstić information content (AvgIpc) is 3.29. The lowest BCUT2D eigenvalue weighted by Gasteiger charge is -2.46. The van der Waals surface area contributed by atoms with Crippen molar-refractivity contribution >= 4 is 41.9 Å². The molecule has 4 rings (SSSR count). The molecule has 186 valence electrons. The number of rotatable bonds is 9. The van der Waals surface area contributed by atoms with E-state index < -0.39 is 46.4 Å². The Hall–Kier alpha value is -1.40. The van der Waals surface area contributed by atoms with Crippen LogP contribution in [0.5, 0.6) is 0 Å². The maximum absolute atomic E-state index is 13.3. The van der Waals surface area contributed by atoms with Crippen molar-refractivity contribution < 1.29 is 38.4 Å². The standard InChI is InChI=1S/C24H30O8S2/c1-22(2)29-17-18(30-22)20(28-21-19(17)31-23(3,4)32-21)24(33-12-10-25,34-13-11-26)14-16(27)15-8-6-5-7-9-15/h5-11,14,17-21,27H,12-13H2,1-4H3/p-1/b16-14+/t17?,18-,19?,20?,21-/m1/s1. The molecule has 0 saturated carbocycles. The number of aldehydes is 2. The Morgan fingerprint density at radius 2 is 1.47 bits per heavy atom. The highest BCUT2D eigenvalue weighted by atomic mass is 32.2. The maximum Gasteiger partial charge on any atom is 0.190 e. The second kappa shape index (κ2) is 9.93. The van der Waals surface area contributed by atoms with Crippen molar-refractivity contribution in [2.24, 2.45) is 0 Å². The minimum atomic E-state index is -1.14. The van der Waals surface area contributed by atoms with Crippen LogP contribution in [0.1, 0.15) is 33.3 Å². The van der Waals surface area contributed by atoms with Gasteiger partial charge in [0, 0.05) is 0 Å². The number of carbonyl (C=O) groups is 2. The first kappa shape index (κ1) is 25.7. The summed E-state index contributed by atoms with van der Waals surface area (Å²) in [7, 11) is 0. The van der Waals surface area contributed by atoms with Crippen molar-refractivity contribution in [1.82, 2.24) is 0 Å². The molecule has 34 heavy (non-hydrogen) atoms. The first-order valence-electron chi connectivity index (χ1n) is 11.1. The summed E-state index contributed by atoms with van der Waals surface area (Å²) in [6.07, 6.45) is -0.193. The summed E-state index contributed by atoms with van der Waals surface area (Å²) in [5, 5.41) is 13.3. The SMILES string of the molecule is CC1(C)OC2C3OC(C)(C)O[C@H]3C(C(/C=C(/[O-])c3ccccc3)(SCC=O)SCC=O)O[C@@H]2O1. The Bertz CT molecular complexity index is 907. The number of thioether (sulfide) groups is 2. The summed E-state index contributed by atoms with van der Waals surface area (Å²) in [5.74, 6) is -1.90. The molecule has 1 aromatic rings. The molecule has 0 aromatic heterocycles. The lowest BCUT2D eigenvalue weighted by Crippen LogP contribution is -2.60. The zero-order chi connectivity index (χ0) is 24.6. The van der Waals surface area contributed by atoms with Gasteiger partial charge in [0.2, 0.25) is 0 Å². The molecule has 5 atom stereocenters. The monoisotopic (exact) mass is 509 g/mol. The fraction of sp³-hybridized carbons (Fsp3) is 0.583. The number of hydrogen-bond donors (Lipinski definition) is 0. The Labute approximate surface area is 207 Å². The zero-order valence-corrected chi connectivity index (χ0v) is 21.1. The van der Waals surface area contributed by atoms with Crippen LogP contribution in [0.2, 0.25) is 0 Å². The molecule has 0 aliphatic carbocycles. The van der Waals surface area contributed by atoms with Crippen molar-refractivity contribution in [2.45, 2.75) is 74.1 Å². The van der Waals surface area contributed by atoms with Gasteiger partial charge in [0.15, 0.2) is 17.9 Å². The molecule has 0 bridgehead atoms. The number of hydrogen-bond acceptors (Lipinski definition) is 10. The van der Waals surface area contributed by atoms with Crippen molar-refractivity contribution in [3.05, 3.63) is 42.0 Å². The highest BCUT2D eigenvalue weighted by Gasteiger charge is 2.64. The summed E-state index contributed by atoms with van der Waals surface area (Å²) in [6, 6.07) is 8.81. The van der Waals surface area contributed by atoms with Crippen molar-refractivity contribution in [2.75, 3.05) is 11.5 Å². The second-order valence-electron chi connectivity index (χ2n) is 9.14. The third-order valence-corrected chi connectivity index (χ3v) is 8.61. The summed E-state index contributed by atoms with van der Waals surface area (Å²) >= 11 is 2.45. The van der Waals surface area contributed by atoms with Crippen LogP contribution in [0, 0.1) is 0 Å². The highest BCUT2D eigenvalue weighted by molar-refractivity contribution is 8.19. The Morgan fingerprint density at radius 1 is 0.912 bits per heavy atom. The molecule has 10 heteroatoms. The first-order valence-corrected chi connectivity index (χ1v) is 13.0. The molecule has 1 aromatic carbocycles. The molecule has 3 aliphatic heterocycles.